The average Bonchev–Trinajstić information content (AvgIpc) is 3.27. The Balaban J connectivity index is 1.39. The van der Waals surface area contributed by atoms with Crippen molar-refractivity contribution in [1.82, 2.24) is 4.90 Å². The van der Waals surface area contributed by atoms with Gasteiger partial charge in [0.1, 0.15) is 11.5 Å². The van der Waals surface area contributed by atoms with Crippen LogP contribution in [-0.4, -0.2) is 58.4 Å². The Hall–Kier alpha value is -3.20. The number of hydrogen-bond donors (Lipinski definition) is 2. The molecule has 2 heterocycles. The van der Waals surface area contributed by atoms with E-state index < -0.39 is 35.2 Å². The van der Waals surface area contributed by atoms with Crippen LogP contribution in [0.4, 0.5) is 0 Å². The van der Waals surface area contributed by atoms with Gasteiger partial charge < -0.3 is 29.3 Å². The average molecular weight is 520 g/mol. The molecule has 8 heteroatoms. The van der Waals surface area contributed by atoms with Crippen molar-refractivity contribution in [3.8, 4) is 5.75 Å². The standard InChI is InChI=1S/C30H33NO7/c1-3-7-23(33)37-26(18-8-5-4-6-9-18)28(34)36-21-12-13-30(35)22-16-19-10-11-20(17-32)25-24(19)29(30,27(21)38-25)14-15-31(22)2/h4-6,8-12,22,26-27,32,35H,3,7,13-17H2,1-2H3/t22-,26-,27+,29+,30-/m1/s1. The summed E-state index contributed by atoms with van der Waals surface area (Å²) in [7, 11) is 2.03. The Morgan fingerprint density at radius 1 is 1.21 bits per heavy atom. The minimum atomic E-state index is -1.22. The molecule has 1 spiro atoms. The summed E-state index contributed by atoms with van der Waals surface area (Å²) in [5, 5.41) is 22.4. The third-order valence-corrected chi connectivity index (χ3v) is 8.86. The van der Waals surface area contributed by atoms with Crippen LogP contribution in [0, 0.1) is 0 Å². The number of ether oxygens (including phenoxy) is 3. The molecule has 0 saturated carbocycles. The highest BCUT2D eigenvalue weighted by molar-refractivity contribution is 5.81. The monoisotopic (exact) mass is 519 g/mol. The molecule has 0 unspecified atom stereocenters. The summed E-state index contributed by atoms with van der Waals surface area (Å²) in [6.45, 7) is 2.42. The molecule has 2 aromatic carbocycles. The molecule has 2 aliphatic heterocycles. The molecule has 1 fully saturated rings. The molecule has 2 aliphatic carbocycles. The van der Waals surface area contributed by atoms with Gasteiger partial charge in [0.2, 0.25) is 6.10 Å². The van der Waals surface area contributed by atoms with Crippen LogP contribution in [0.3, 0.4) is 0 Å². The van der Waals surface area contributed by atoms with Crippen molar-refractivity contribution in [1.29, 1.82) is 0 Å². The minimum absolute atomic E-state index is 0.124. The molecule has 6 rings (SSSR count). The number of esters is 2. The summed E-state index contributed by atoms with van der Waals surface area (Å²) >= 11 is 0. The van der Waals surface area contributed by atoms with E-state index in [1.54, 1.807) is 30.3 Å². The van der Waals surface area contributed by atoms with Gasteiger partial charge >= 0.3 is 11.9 Å². The Morgan fingerprint density at radius 2 is 2.00 bits per heavy atom. The fraction of sp³-hybridized carbons (Fsp3) is 0.467. The number of hydrogen-bond acceptors (Lipinski definition) is 8. The van der Waals surface area contributed by atoms with Crippen LogP contribution in [0.1, 0.15) is 61.0 Å². The Morgan fingerprint density at radius 3 is 2.74 bits per heavy atom. The number of nitrogens with zero attached hydrogens (tertiary/aromatic N) is 1. The van der Waals surface area contributed by atoms with E-state index in [4.69, 9.17) is 14.2 Å². The lowest BCUT2D eigenvalue weighted by atomic mass is 9.50. The van der Waals surface area contributed by atoms with E-state index in [0.717, 1.165) is 17.7 Å². The van der Waals surface area contributed by atoms with Gasteiger partial charge in [0.05, 0.1) is 17.6 Å². The molecule has 200 valence electrons. The fourth-order valence-electron chi connectivity index (χ4n) is 7.08. The molecule has 2 N–H and O–H groups in total. The van der Waals surface area contributed by atoms with Crippen molar-refractivity contribution in [2.24, 2.45) is 0 Å². The lowest BCUT2D eigenvalue weighted by Crippen LogP contribution is -2.74. The summed E-state index contributed by atoms with van der Waals surface area (Å²) in [5.41, 5.74) is 1.24. The molecule has 1 saturated heterocycles. The first-order chi connectivity index (χ1) is 18.3. The summed E-state index contributed by atoms with van der Waals surface area (Å²) in [6, 6.07) is 12.6. The molecular weight excluding hydrogens is 486 g/mol. The number of benzene rings is 2. The fourth-order valence-corrected chi connectivity index (χ4v) is 7.08. The Kier molecular flexibility index (Phi) is 6.09. The van der Waals surface area contributed by atoms with E-state index in [9.17, 15) is 19.8 Å². The van der Waals surface area contributed by atoms with Crippen LogP contribution in [0.5, 0.6) is 5.75 Å². The number of rotatable bonds is 7. The van der Waals surface area contributed by atoms with Crippen molar-refractivity contribution >= 4 is 11.9 Å². The topological polar surface area (TPSA) is 106 Å². The predicted molar refractivity (Wildman–Crippen MR) is 137 cm³/mol. The van der Waals surface area contributed by atoms with Crippen LogP contribution in [0.25, 0.3) is 0 Å². The van der Waals surface area contributed by atoms with Crippen molar-refractivity contribution in [3.05, 3.63) is 76.6 Å². The molecule has 0 aromatic heterocycles. The molecule has 38 heavy (non-hydrogen) atoms. The van der Waals surface area contributed by atoms with E-state index in [1.165, 1.54) is 0 Å². The number of aliphatic hydroxyl groups excluding tert-OH is 1. The first kappa shape index (κ1) is 25.1. The Labute approximate surface area is 221 Å². The second-order valence-corrected chi connectivity index (χ2v) is 10.9. The maximum atomic E-state index is 13.6. The molecular formula is C30H33NO7. The molecule has 4 aliphatic rings. The highest BCUT2D eigenvalue weighted by Crippen LogP contribution is 2.64. The number of carbonyl (C=O) groups excluding carboxylic acids is 2. The number of piperidine rings is 1. The zero-order chi connectivity index (χ0) is 26.7. The van der Waals surface area contributed by atoms with Gasteiger partial charge in [0.25, 0.3) is 0 Å². The van der Waals surface area contributed by atoms with E-state index in [1.807, 2.05) is 32.2 Å². The Bertz CT molecular complexity index is 1310. The summed E-state index contributed by atoms with van der Waals surface area (Å²) in [6.07, 6.45) is 2.14. The quantitative estimate of drug-likeness (QED) is 0.538. The molecule has 0 radical (unpaired) electrons. The van der Waals surface area contributed by atoms with E-state index in [0.29, 0.717) is 48.3 Å². The molecule has 8 nitrogen and oxygen atoms in total. The van der Waals surface area contributed by atoms with Crippen LogP contribution in [-0.2, 0) is 37.5 Å². The highest BCUT2D eigenvalue weighted by atomic mass is 16.6. The number of carbonyl (C=O) groups is 2. The van der Waals surface area contributed by atoms with Gasteiger partial charge in [-0.2, -0.15) is 0 Å². The van der Waals surface area contributed by atoms with Crippen molar-refractivity contribution in [2.75, 3.05) is 13.6 Å². The largest absolute Gasteiger partial charge is 0.481 e. The van der Waals surface area contributed by atoms with E-state index in [-0.39, 0.29) is 19.1 Å². The van der Waals surface area contributed by atoms with Crippen LogP contribution >= 0.6 is 0 Å². The van der Waals surface area contributed by atoms with E-state index in [2.05, 4.69) is 4.90 Å². The first-order valence-electron chi connectivity index (χ1n) is 13.4. The van der Waals surface area contributed by atoms with Crippen molar-refractivity contribution < 1.29 is 34.0 Å². The second kappa shape index (κ2) is 9.22. The first-order valence-corrected chi connectivity index (χ1v) is 13.4. The van der Waals surface area contributed by atoms with Crippen LogP contribution in [0.2, 0.25) is 0 Å². The molecule has 0 amide bonds. The second-order valence-electron chi connectivity index (χ2n) is 10.9. The predicted octanol–water partition coefficient (Wildman–Crippen LogP) is 3.08. The third kappa shape index (κ3) is 3.47. The number of likely N-dealkylation sites (tertiary alicyclic amines) is 1. The molecule has 2 bridgehead atoms. The summed E-state index contributed by atoms with van der Waals surface area (Å²) in [5.74, 6) is -0.301. The van der Waals surface area contributed by atoms with Gasteiger partial charge in [0, 0.05) is 35.6 Å². The third-order valence-electron chi connectivity index (χ3n) is 8.86. The number of aliphatic hydroxyl groups is 2. The van der Waals surface area contributed by atoms with Crippen molar-refractivity contribution in [2.45, 2.75) is 74.9 Å². The van der Waals surface area contributed by atoms with Gasteiger partial charge in [-0.15, -0.1) is 0 Å². The highest BCUT2D eigenvalue weighted by Gasteiger charge is 2.72. The van der Waals surface area contributed by atoms with Crippen molar-refractivity contribution in [3.63, 3.8) is 0 Å². The van der Waals surface area contributed by atoms with Crippen LogP contribution in [0.15, 0.2) is 54.3 Å². The van der Waals surface area contributed by atoms with E-state index >= 15 is 0 Å². The zero-order valence-electron chi connectivity index (χ0n) is 21.7. The summed E-state index contributed by atoms with van der Waals surface area (Å²) < 4.78 is 18.1. The van der Waals surface area contributed by atoms with Gasteiger partial charge in [-0.05, 0) is 44.5 Å². The lowest BCUT2D eigenvalue weighted by Gasteiger charge is -2.61. The lowest BCUT2D eigenvalue weighted by molar-refractivity contribution is -0.176. The van der Waals surface area contributed by atoms with Gasteiger partial charge in [0.15, 0.2) is 6.10 Å². The van der Waals surface area contributed by atoms with Gasteiger partial charge in [-0.3, -0.25) is 4.79 Å². The van der Waals surface area contributed by atoms with Gasteiger partial charge in [-0.1, -0.05) is 49.4 Å². The number of likely N-dealkylation sites (N-methyl/N-ethyl adjacent to an activating group) is 1. The maximum Gasteiger partial charge on any atom is 0.357 e. The maximum absolute atomic E-state index is 13.6. The molecule has 2 aromatic rings. The molecule has 5 atom stereocenters. The smallest absolute Gasteiger partial charge is 0.357 e. The van der Waals surface area contributed by atoms with Gasteiger partial charge in [-0.25, -0.2) is 4.79 Å². The van der Waals surface area contributed by atoms with Crippen LogP contribution < -0.4 is 4.74 Å². The minimum Gasteiger partial charge on any atom is -0.481 e. The zero-order valence-corrected chi connectivity index (χ0v) is 21.7. The summed E-state index contributed by atoms with van der Waals surface area (Å²) in [4.78, 5) is 28.2. The normalized spacial score (nSPS) is 29.5. The SMILES string of the molecule is CCCC(=O)O[C@@H](C(=O)OC1=CC[C@@]2(O)[C@H]3Cc4ccc(CO)c5c4[C@@]2(CCN3C)[C@H]1O5)c1ccccc1.